The van der Waals surface area contributed by atoms with Crippen molar-refractivity contribution in [2.75, 3.05) is 31.5 Å². The number of ether oxygens (including phenoxy) is 1. The van der Waals surface area contributed by atoms with Crippen LogP contribution in [0, 0.1) is 0 Å². The molecule has 0 spiro atoms. The van der Waals surface area contributed by atoms with E-state index in [1.807, 2.05) is 4.90 Å². The minimum atomic E-state index is -0.0615. The number of urea groups is 1. The van der Waals surface area contributed by atoms with E-state index >= 15 is 0 Å². The van der Waals surface area contributed by atoms with Gasteiger partial charge in [-0.05, 0) is 26.7 Å². The first kappa shape index (κ1) is 15.6. The van der Waals surface area contributed by atoms with Gasteiger partial charge in [-0.15, -0.1) is 10.2 Å². The number of rotatable bonds is 3. The first-order valence-electron chi connectivity index (χ1n) is 7.83. The molecular weight excluding hydrogens is 302 g/mol. The van der Waals surface area contributed by atoms with Crippen LogP contribution in [-0.4, -0.2) is 70.5 Å². The quantitative estimate of drug-likeness (QED) is 0.915. The van der Waals surface area contributed by atoms with Crippen LogP contribution in [0.25, 0.3) is 0 Å². The van der Waals surface area contributed by atoms with Gasteiger partial charge in [-0.3, -0.25) is 10.2 Å². The number of anilines is 1. The lowest BCUT2D eigenvalue weighted by molar-refractivity contribution is -0.0712. The molecule has 2 aliphatic heterocycles. The molecule has 1 aromatic heterocycles. The molecule has 0 aliphatic carbocycles. The van der Waals surface area contributed by atoms with Crippen molar-refractivity contribution in [3.8, 4) is 0 Å². The average molecular weight is 325 g/mol. The van der Waals surface area contributed by atoms with Crippen LogP contribution in [0.1, 0.15) is 26.7 Å². The Balaban J connectivity index is 1.57. The number of hydrogen-bond acceptors (Lipinski definition) is 6. The van der Waals surface area contributed by atoms with E-state index < -0.39 is 0 Å². The third-order valence-corrected chi connectivity index (χ3v) is 4.78. The van der Waals surface area contributed by atoms with Crippen molar-refractivity contribution >= 4 is 22.5 Å². The Morgan fingerprint density at radius 3 is 2.91 bits per heavy atom. The fourth-order valence-electron chi connectivity index (χ4n) is 3.42. The molecule has 22 heavy (non-hydrogen) atoms. The Labute approximate surface area is 134 Å². The van der Waals surface area contributed by atoms with Crippen LogP contribution in [0.2, 0.25) is 0 Å². The van der Waals surface area contributed by atoms with Crippen LogP contribution in [0.3, 0.4) is 0 Å². The van der Waals surface area contributed by atoms with Crippen molar-refractivity contribution in [2.45, 2.75) is 44.9 Å². The molecule has 0 saturated carbocycles. The van der Waals surface area contributed by atoms with E-state index in [1.165, 1.54) is 11.3 Å². The van der Waals surface area contributed by atoms with Crippen molar-refractivity contribution in [3.63, 3.8) is 0 Å². The third kappa shape index (κ3) is 3.74. The zero-order valence-electron chi connectivity index (χ0n) is 13.1. The van der Waals surface area contributed by atoms with Gasteiger partial charge in [0.15, 0.2) is 0 Å². The lowest BCUT2D eigenvalue weighted by atomic mass is 10.1. The van der Waals surface area contributed by atoms with Gasteiger partial charge < -0.3 is 9.64 Å². The summed E-state index contributed by atoms with van der Waals surface area (Å²) in [4.78, 5) is 16.8. The molecule has 1 aromatic rings. The summed E-state index contributed by atoms with van der Waals surface area (Å²) in [7, 11) is 0. The molecule has 7 nitrogen and oxygen atoms in total. The molecule has 122 valence electrons. The van der Waals surface area contributed by atoms with Crippen LogP contribution in [0.4, 0.5) is 9.93 Å². The van der Waals surface area contributed by atoms with E-state index in [0.29, 0.717) is 5.13 Å². The summed E-state index contributed by atoms with van der Waals surface area (Å²) in [5, 5.41) is 11.0. The maximum Gasteiger partial charge on any atom is 0.323 e. The number of morpholine rings is 1. The maximum absolute atomic E-state index is 12.4. The Bertz CT molecular complexity index is 487. The van der Waals surface area contributed by atoms with Crippen LogP contribution < -0.4 is 5.32 Å². The standard InChI is InChI=1S/C14H23N5O2S/c1-10-6-18(7-11(2)21-10)8-12-4-3-5-19(12)14(20)16-13-17-15-9-22-13/h9-12H,3-8H2,1-2H3,(H,16,17,20)/t10-,11-,12-/m1/s1. The van der Waals surface area contributed by atoms with Crippen LogP contribution in [0.15, 0.2) is 5.51 Å². The lowest BCUT2D eigenvalue weighted by Gasteiger charge is -2.38. The number of amides is 2. The van der Waals surface area contributed by atoms with Crippen LogP contribution in [-0.2, 0) is 4.74 Å². The summed E-state index contributed by atoms with van der Waals surface area (Å²) < 4.78 is 5.78. The summed E-state index contributed by atoms with van der Waals surface area (Å²) in [5.74, 6) is 0. The smallest absolute Gasteiger partial charge is 0.323 e. The second-order valence-corrected chi connectivity index (χ2v) is 6.97. The number of hydrogen-bond donors (Lipinski definition) is 1. The van der Waals surface area contributed by atoms with Crippen LogP contribution in [0.5, 0.6) is 0 Å². The highest BCUT2D eigenvalue weighted by molar-refractivity contribution is 7.13. The molecule has 8 heteroatoms. The topological polar surface area (TPSA) is 70.6 Å². The summed E-state index contributed by atoms with van der Waals surface area (Å²) in [6.07, 6.45) is 2.63. The molecule has 2 saturated heterocycles. The van der Waals surface area contributed by atoms with Crippen molar-refractivity contribution in [1.82, 2.24) is 20.0 Å². The van der Waals surface area contributed by atoms with Gasteiger partial charge in [-0.2, -0.15) is 0 Å². The first-order chi connectivity index (χ1) is 10.6. The zero-order chi connectivity index (χ0) is 15.5. The predicted molar refractivity (Wildman–Crippen MR) is 85.1 cm³/mol. The van der Waals surface area contributed by atoms with Crippen molar-refractivity contribution in [1.29, 1.82) is 0 Å². The summed E-state index contributed by atoms with van der Waals surface area (Å²) >= 11 is 1.34. The third-order valence-electron chi connectivity index (χ3n) is 4.18. The minimum absolute atomic E-state index is 0.0615. The second kappa shape index (κ2) is 6.89. The number of aromatic nitrogens is 2. The predicted octanol–water partition coefficient (Wildman–Crippen LogP) is 1.64. The van der Waals surface area contributed by atoms with Crippen molar-refractivity contribution < 1.29 is 9.53 Å². The van der Waals surface area contributed by atoms with Gasteiger partial charge in [-0.25, -0.2) is 4.79 Å². The summed E-state index contributed by atoms with van der Waals surface area (Å²) in [6, 6.07) is 0.207. The van der Waals surface area contributed by atoms with Gasteiger partial charge >= 0.3 is 6.03 Å². The highest BCUT2D eigenvalue weighted by Crippen LogP contribution is 2.22. The molecule has 0 radical (unpaired) electrons. The molecule has 3 rings (SSSR count). The Morgan fingerprint density at radius 2 is 2.23 bits per heavy atom. The molecule has 2 fully saturated rings. The second-order valence-electron chi connectivity index (χ2n) is 6.14. The Kier molecular flexibility index (Phi) is 4.90. The van der Waals surface area contributed by atoms with E-state index in [1.54, 1.807) is 5.51 Å². The average Bonchev–Trinajstić information content (AvgIpc) is 3.08. The Hall–Kier alpha value is -1.25. The molecule has 2 amide bonds. The molecule has 0 bridgehead atoms. The van der Waals surface area contributed by atoms with Crippen molar-refractivity contribution in [3.05, 3.63) is 5.51 Å². The van der Waals surface area contributed by atoms with E-state index in [2.05, 4.69) is 34.3 Å². The molecule has 3 heterocycles. The fraction of sp³-hybridized carbons (Fsp3) is 0.786. The molecule has 0 aromatic carbocycles. The molecular formula is C14H23N5O2S. The van der Waals surface area contributed by atoms with Gasteiger partial charge in [0.2, 0.25) is 5.13 Å². The van der Waals surface area contributed by atoms with Gasteiger partial charge in [0.05, 0.1) is 12.2 Å². The summed E-state index contributed by atoms with van der Waals surface area (Å²) in [6.45, 7) is 7.82. The Morgan fingerprint density at radius 1 is 1.45 bits per heavy atom. The van der Waals surface area contributed by atoms with Crippen molar-refractivity contribution in [2.24, 2.45) is 0 Å². The largest absolute Gasteiger partial charge is 0.373 e. The highest BCUT2D eigenvalue weighted by atomic mass is 32.1. The lowest BCUT2D eigenvalue weighted by Crippen LogP contribution is -2.51. The molecule has 2 aliphatic rings. The number of nitrogens with zero attached hydrogens (tertiary/aromatic N) is 4. The molecule has 3 atom stereocenters. The van der Waals surface area contributed by atoms with E-state index in [-0.39, 0.29) is 24.3 Å². The summed E-state index contributed by atoms with van der Waals surface area (Å²) in [5.41, 5.74) is 1.62. The van der Waals surface area contributed by atoms with Gasteiger partial charge in [0, 0.05) is 32.2 Å². The zero-order valence-corrected chi connectivity index (χ0v) is 13.9. The van der Waals surface area contributed by atoms with E-state index in [4.69, 9.17) is 4.74 Å². The molecule has 0 unspecified atom stereocenters. The SMILES string of the molecule is C[C@@H]1CN(C[C@H]2CCCN2C(=O)Nc2nncs2)C[C@@H](C)O1. The minimum Gasteiger partial charge on any atom is -0.373 e. The number of carbonyl (C=O) groups is 1. The van der Waals surface area contributed by atoms with Gasteiger partial charge in [0.1, 0.15) is 5.51 Å². The number of likely N-dealkylation sites (tertiary alicyclic amines) is 1. The number of carbonyl (C=O) groups excluding carboxylic acids is 1. The highest BCUT2D eigenvalue weighted by Gasteiger charge is 2.32. The van der Waals surface area contributed by atoms with E-state index in [9.17, 15) is 4.79 Å². The van der Waals surface area contributed by atoms with E-state index in [0.717, 1.165) is 39.0 Å². The fourth-order valence-corrected chi connectivity index (χ4v) is 3.85. The van der Waals surface area contributed by atoms with Gasteiger partial charge in [0.25, 0.3) is 0 Å². The van der Waals surface area contributed by atoms with Gasteiger partial charge in [-0.1, -0.05) is 11.3 Å². The monoisotopic (exact) mass is 325 g/mol. The maximum atomic E-state index is 12.4. The van der Waals surface area contributed by atoms with Crippen LogP contribution >= 0.6 is 11.3 Å². The molecule has 1 N–H and O–H groups in total. The first-order valence-corrected chi connectivity index (χ1v) is 8.71. The number of nitrogens with one attached hydrogen (secondary N) is 1. The normalized spacial score (nSPS) is 29.7.